The largest absolute Gasteiger partial charge is 0.356 e. The van der Waals surface area contributed by atoms with Crippen LogP contribution in [-0.4, -0.2) is 18.1 Å². The van der Waals surface area contributed by atoms with Gasteiger partial charge in [0, 0.05) is 30.1 Å². The first-order valence-electron chi connectivity index (χ1n) is 5.93. The molecule has 0 atom stereocenters. The summed E-state index contributed by atoms with van der Waals surface area (Å²) in [5.74, 6) is 0.851. The molecule has 3 nitrogen and oxygen atoms in total. The maximum Gasteiger partial charge on any atom is 0.147 e. The third-order valence-electron chi connectivity index (χ3n) is 3.30. The van der Waals surface area contributed by atoms with Crippen molar-refractivity contribution in [1.29, 1.82) is 5.26 Å². The molecule has 1 aromatic carbocycles. The molecule has 0 unspecified atom stereocenters. The van der Waals surface area contributed by atoms with E-state index in [1.807, 2.05) is 30.5 Å². The molecule has 0 amide bonds. The second-order valence-electron chi connectivity index (χ2n) is 4.35. The summed E-state index contributed by atoms with van der Waals surface area (Å²) in [5, 5.41) is 11.4. The number of rotatable bonds is 1. The van der Waals surface area contributed by atoms with Crippen LogP contribution in [0.25, 0.3) is 10.8 Å². The van der Waals surface area contributed by atoms with Crippen molar-refractivity contribution in [2.75, 3.05) is 18.0 Å². The Morgan fingerprint density at radius 3 is 2.71 bits per heavy atom. The molecule has 2 aromatic rings. The molecule has 17 heavy (non-hydrogen) atoms. The van der Waals surface area contributed by atoms with E-state index in [4.69, 9.17) is 0 Å². The van der Waals surface area contributed by atoms with Crippen LogP contribution in [-0.2, 0) is 0 Å². The van der Waals surface area contributed by atoms with Gasteiger partial charge in [0.15, 0.2) is 0 Å². The topological polar surface area (TPSA) is 39.9 Å². The molecule has 0 aliphatic carbocycles. The van der Waals surface area contributed by atoms with E-state index in [0.717, 1.165) is 29.7 Å². The molecule has 2 heterocycles. The second-order valence-corrected chi connectivity index (χ2v) is 4.35. The Bertz CT molecular complexity index is 592. The van der Waals surface area contributed by atoms with Crippen molar-refractivity contribution in [2.24, 2.45) is 0 Å². The molecule has 0 bridgehead atoms. The van der Waals surface area contributed by atoms with Crippen LogP contribution in [0.3, 0.4) is 0 Å². The first-order valence-corrected chi connectivity index (χ1v) is 5.93. The summed E-state index contributed by atoms with van der Waals surface area (Å²) in [5.41, 5.74) is 0.713. The van der Waals surface area contributed by atoms with Crippen molar-refractivity contribution in [3.63, 3.8) is 0 Å². The summed E-state index contributed by atoms with van der Waals surface area (Å²) in [6.07, 6.45) is 4.25. The van der Waals surface area contributed by atoms with Gasteiger partial charge in [0.2, 0.25) is 0 Å². The van der Waals surface area contributed by atoms with Gasteiger partial charge in [-0.25, -0.2) is 4.98 Å². The number of nitrogens with zero attached hydrogens (tertiary/aromatic N) is 3. The lowest BCUT2D eigenvalue weighted by molar-refractivity contribution is 0.937. The van der Waals surface area contributed by atoms with Crippen molar-refractivity contribution < 1.29 is 0 Å². The Kier molecular flexibility index (Phi) is 2.41. The van der Waals surface area contributed by atoms with Crippen molar-refractivity contribution in [1.82, 2.24) is 4.98 Å². The van der Waals surface area contributed by atoms with Crippen LogP contribution in [0.1, 0.15) is 18.4 Å². The molecule has 3 heteroatoms. The minimum absolute atomic E-state index is 0.713. The maximum atomic E-state index is 9.36. The Morgan fingerprint density at radius 2 is 1.94 bits per heavy atom. The Morgan fingerprint density at radius 1 is 1.18 bits per heavy atom. The van der Waals surface area contributed by atoms with Gasteiger partial charge >= 0.3 is 0 Å². The van der Waals surface area contributed by atoms with Crippen LogP contribution in [0, 0.1) is 11.3 Å². The molecular formula is C14H13N3. The van der Waals surface area contributed by atoms with Crippen LogP contribution >= 0.6 is 0 Å². The van der Waals surface area contributed by atoms with Gasteiger partial charge in [-0.05, 0) is 12.8 Å². The second kappa shape index (κ2) is 4.06. The lowest BCUT2D eigenvalue weighted by Gasteiger charge is -2.18. The average Bonchev–Trinajstić information content (AvgIpc) is 2.91. The number of aromatic nitrogens is 1. The van der Waals surface area contributed by atoms with E-state index < -0.39 is 0 Å². The van der Waals surface area contributed by atoms with E-state index >= 15 is 0 Å². The maximum absolute atomic E-state index is 9.36. The van der Waals surface area contributed by atoms with Gasteiger partial charge in [0.05, 0.1) is 0 Å². The first-order chi connectivity index (χ1) is 8.40. The van der Waals surface area contributed by atoms with Gasteiger partial charge in [-0.2, -0.15) is 5.26 Å². The molecule has 0 N–H and O–H groups in total. The molecule has 1 aliphatic rings. The van der Waals surface area contributed by atoms with E-state index in [1.54, 1.807) is 0 Å². The standard InChI is InChI=1S/C14H13N3/c15-9-13-12-6-2-1-5-11(12)10-16-14(13)17-7-3-4-8-17/h1-2,5-6,10H,3-4,7-8H2. The molecule has 0 radical (unpaired) electrons. The molecule has 1 aromatic heterocycles. The van der Waals surface area contributed by atoms with Gasteiger partial charge in [0.1, 0.15) is 17.5 Å². The van der Waals surface area contributed by atoms with Crippen molar-refractivity contribution in [2.45, 2.75) is 12.8 Å². The fourth-order valence-corrected chi connectivity index (χ4v) is 2.43. The summed E-state index contributed by atoms with van der Waals surface area (Å²) in [7, 11) is 0. The summed E-state index contributed by atoms with van der Waals surface area (Å²) in [6, 6.07) is 10.2. The Hall–Kier alpha value is -2.08. The molecule has 0 spiro atoms. The summed E-state index contributed by atoms with van der Waals surface area (Å²) in [4.78, 5) is 6.68. The van der Waals surface area contributed by atoms with Crippen LogP contribution in [0.5, 0.6) is 0 Å². The number of hydrogen-bond acceptors (Lipinski definition) is 3. The zero-order valence-electron chi connectivity index (χ0n) is 9.56. The number of anilines is 1. The highest BCUT2D eigenvalue weighted by Crippen LogP contribution is 2.27. The van der Waals surface area contributed by atoms with Crippen LogP contribution in [0.15, 0.2) is 30.5 Å². The van der Waals surface area contributed by atoms with Crippen LogP contribution in [0.4, 0.5) is 5.82 Å². The highest BCUT2D eigenvalue weighted by molar-refractivity contribution is 5.90. The fraction of sp³-hybridized carbons (Fsp3) is 0.286. The highest BCUT2D eigenvalue weighted by atomic mass is 15.2. The summed E-state index contributed by atoms with van der Waals surface area (Å²) < 4.78 is 0. The molecule has 0 saturated carbocycles. The van der Waals surface area contributed by atoms with E-state index in [2.05, 4.69) is 16.0 Å². The number of pyridine rings is 1. The minimum Gasteiger partial charge on any atom is -0.356 e. The molecular weight excluding hydrogens is 210 g/mol. The first kappa shape index (κ1) is 10.1. The fourth-order valence-electron chi connectivity index (χ4n) is 2.43. The third kappa shape index (κ3) is 1.62. The molecule has 1 aliphatic heterocycles. The minimum atomic E-state index is 0.713. The zero-order valence-corrected chi connectivity index (χ0v) is 9.56. The number of benzene rings is 1. The van der Waals surface area contributed by atoms with E-state index in [1.165, 1.54) is 12.8 Å². The Balaban J connectivity index is 2.22. The van der Waals surface area contributed by atoms with Gasteiger partial charge in [-0.3, -0.25) is 0 Å². The van der Waals surface area contributed by atoms with E-state index in [9.17, 15) is 5.26 Å². The molecule has 1 fully saturated rings. The van der Waals surface area contributed by atoms with Crippen molar-refractivity contribution in [3.05, 3.63) is 36.0 Å². The SMILES string of the molecule is N#Cc1c(N2CCCC2)ncc2ccccc12. The lowest BCUT2D eigenvalue weighted by Crippen LogP contribution is -2.20. The highest BCUT2D eigenvalue weighted by Gasteiger charge is 2.18. The van der Waals surface area contributed by atoms with E-state index in [0.29, 0.717) is 5.56 Å². The normalized spacial score (nSPS) is 15.1. The quantitative estimate of drug-likeness (QED) is 0.746. The third-order valence-corrected chi connectivity index (χ3v) is 3.30. The van der Waals surface area contributed by atoms with Crippen molar-refractivity contribution >= 4 is 16.6 Å². The smallest absolute Gasteiger partial charge is 0.147 e. The zero-order chi connectivity index (χ0) is 11.7. The summed E-state index contributed by atoms with van der Waals surface area (Å²) in [6.45, 7) is 2.03. The van der Waals surface area contributed by atoms with Crippen LogP contribution < -0.4 is 4.90 Å². The van der Waals surface area contributed by atoms with Gasteiger partial charge < -0.3 is 4.90 Å². The van der Waals surface area contributed by atoms with Gasteiger partial charge in [-0.15, -0.1) is 0 Å². The molecule has 1 saturated heterocycles. The van der Waals surface area contributed by atoms with Crippen molar-refractivity contribution in [3.8, 4) is 6.07 Å². The predicted molar refractivity (Wildman–Crippen MR) is 67.9 cm³/mol. The lowest BCUT2D eigenvalue weighted by atomic mass is 10.1. The van der Waals surface area contributed by atoms with Gasteiger partial charge in [-0.1, -0.05) is 24.3 Å². The molecule has 84 valence electrons. The number of hydrogen-bond donors (Lipinski definition) is 0. The predicted octanol–water partition coefficient (Wildman–Crippen LogP) is 2.71. The molecule has 3 rings (SSSR count). The number of nitriles is 1. The summed E-state index contributed by atoms with van der Waals surface area (Å²) >= 11 is 0. The van der Waals surface area contributed by atoms with Gasteiger partial charge in [0.25, 0.3) is 0 Å². The number of fused-ring (bicyclic) bond motifs is 1. The monoisotopic (exact) mass is 223 g/mol. The van der Waals surface area contributed by atoms with Crippen LogP contribution in [0.2, 0.25) is 0 Å². The Labute approximate surface area is 100 Å². The average molecular weight is 223 g/mol. The van der Waals surface area contributed by atoms with E-state index in [-0.39, 0.29) is 0 Å².